The molecule has 26 heavy (non-hydrogen) atoms. The molecule has 0 radical (unpaired) electrons. The van der Waals surface area contributed by atoms with Crippen molar-refractivity contribution in [3.63, 3.8) is 0 Å². The van der Waals surface area contributed by atoms with E-state index < -0.39 is 6.09 Å². The monoisotopic (exact) mass is 420 g/mol. The molecular formula is C20H25BrN2O3. The van der Waals surface area contributed by atoms with E-state index in [0.717, 1.165) is 24.8 Å². The highest BCUT2D eigenvalue weighted by Gasteiger charge is 2.59. The molecule has 4 aliphatic rings. The number of anilines is 1. The van der Waals surface area contributed by atoms with E-state index in [1.54, 1.807) is 0 Å². The molecule has 6 heteroatoms. The summed E-state index contributed by atoms with van der Waals surface area (Å²) in [5, 5.41) is 5.80. The fourth-order valence-corrected chi connectivity index (χ4v) is 7.11. The topological polar surface area (TPSA) is 67.4 Å². The summed E-state index contributed by atoms with van der Waals surface area (Å²) in [5.41, 5.74) is 1.52. The lowest BCUT2D eigenvalue weighted by Gasteiger charge is -2.59. The van der Waals surface area contributed by atoms with Crippen LogP contribution >= 0.6 is 15.9 Å². The molecule has 4 fully saturated rings. The Hall–Kier alpha value is -1.56. The summed E-state index contributed by atoms with van der Waals surface area (Å²) < 4.78 is 4.77. The van der Waals surface area contributed by atoms with E-state index in [9.17, 15) is 9.59 Å². The van der Waals surface area contributed by atoms with Gasteiger partial charge in [0.25, 0.3) is 0 Å². The van der Waals surface area contributed by atoms with Crippen molar-refractivity contribution in [2.45, 2.75) is 49.4 Å². The molecule has 140 valence electrons. The van der Waals surface area contributed by atoms with Gasteiger partial charge in [-0.2, -0.15) is 0 Å². The second kappa shape index (κ2) is 6.55. The zero-order valence-corrected chi connectivity index (χ0v) is 16.6. The Kier molecular flexibility index (Phi) is 4.49. The maximum atomic E-state index is 13.1. The van der Waals surface area contributed by atoms with Gasteiger partial charge in [-0.1, -0.05) is 28.1 Å². The number of hydrogen-bond donors (Lipinski definition) is 2. The lowest BCUT2D eigenvalue weighted by molar-refractivity contribution is -0.144. The normalized spacial score (nSPS) is 34.4. The van der Waals surface area contributed by atoms with Crippen molar-refractivity contribution in [2.24, 2.45) is 17.3 Å². The standard InChI is InChI=1S/C20H25BrN2O3/c1-26-18(25)23-16-4-2-13(3-5-16)11-22-17(24)19-7-14-6-15(8-19)10-20(21,9-14)12-19/h2-5,14-15H,6-12H2,1H3,(H,22,24)(H,23,25). The zero-order valence-electron chi connectivity index (χ0n) is 15.0. The Balaban J connectivity index is 1.38. The molecule has 2 amide bonds. The zero-order chi connectivity index (χ0) is 18.4. The van der Waals surface area contributed by atoms with Crippen LogP contribution in [0.4, 0.5) is 10.5 Å². The number of amides is 2. The molecule has 4 saturated carbocycles. The molecule has 0 spiro atoms. The van der Waals surface area contributed by atoms with Crippen LogP contribution < -0.4 is 10.6 Å². The van der Waals surface area contributed by atoms with Crippen molar-refractivity contribution in [3.8, 4) is 0 Å². The van der Waals surface area contributed by atoms with Crippen molar-refractivity contribution in [3.05, 3.63) is 29.8 Å². The Labute approximate surface area is 162 Å². The number of methoxy groups -OCH3 is 1. The molecule has 0 heterocycles. The van der Waals surface area contributed by atoms with Crippen LogP contribution in [-0.4, -0.2) is 23.4 Å². The van der Waals surface area contributed by atoms with Gasteiger partial charge in [0.2, 0.25) is 5.91 Å². The molecule has 4 bridgehead atoms. The number of alkyl halides is 1. The summed E-state index contributed by atoms with van der Waals surface area (Å²) in [5.74, 6) is 1.61. The summed E-state index contributed by atoms with van der Waals surface area (Å²) >= 11 is 3.97. The summed E-state index contributed by atoms with van der Waals surface area (Å²) in [6.45, 7) is 0.518. The maximum absolute atomic E-state index is 13.1. The number of carbonyl (C=O) groups is 2. The number of benzene rings is 1. The molecule has 4 aliphatic carbocycles. The molecule has 2 N–H and O–H groups in total. The van der Waals surface area contributed by atoms with Gasteiger partial charge in [0.05, 0.1) is 12.5 Å². The van der Waals surface area contributed by atoms with Gasteiger partial charge in [-0.15, -0.1) is 0 Å². The van der Waals surface area contributed by atoms with Crippen LogP contribution in [0.2, 0.25) is 0 Å². The second-order valence-corrected chi connectivity index (χ2v) is 10.1. The summed E-state index contributed by atoms with van der Waals surface area (Å²) in [4.78, 5) is 24.3. The van der Waals surface area contributed by atoms with Gasteiger partial charge >= 0.3 is 6.09 Å². The lowest BCUT2D eigenvalue weighted by Crippen LogP contribution is -2.58. The average Bonchev–Trinajstić information content (AvgIpc) is 2.58. The number of rotatable bonds is 4. The minimum Gasteiger partial charge on any atom is -0.453 e. The minimum absolute atomic E-state index is 0.181. The van der Waals surface area contributed by atoms with E-state index >= 15 is 0 Å². The van der Waals surface area contributed by atoms with Crippen molar-refractivity contribution in [2.75, 3.05) is 12.4 Å². The van der Waals surface area contributed by atoms with Gasteiger partial charge in [0, 0.05) is 16.6 Å². The van der Waals surface area contributed by atoms with Gasteiger partial charge < -0.3 is 10.1 Å². The van der Waals surface area contributed by atoms with Crippen molar-refractivity contribution in [1.82, 2.24) is 5.32 Å². The van der Waals surface area contributed by atoms with E-state index in [2.05, 4.69) is 31.3 Å². The Bertz CT molecular complexity index is 704. The van der Waals surface area contributed by atoms with Crippen LogP contribution in [0, 0.1) is 17.3 Å². The van der Waals surface area contributed by atoms with E-state index in [-0.39, 0.29) is 15.6 Å². The molecule has 2 atom stereocenters. The fourth-order valence-electron chi connectivity index (χ4n) is 5.66. The first kappa shape index (κ1) is 17.8. The van der Waals surface area contributed by atoms with Gasteiger partial charge in [0.15, 0.2) is 0 Å². The SMILES string of the molecule is COC(=O)Nc1ccc(CNC(=O)C23CC4CC(CC(Br)(C4)C2)C3)cc1. The number of hydrogen-bond acceptors (Lipinski definition) is 3. The highest BCUT2D eigenvalue weighted by Crippen LogP contribution is 2.64. The number of nitrogens with one attached hydrogen (secondary N) is 2. The van der Waals surface area contributed by atoms with E-state index in [1.165, 1.54) is 26.4 Å². The lowest BCUT2D eigenvalue weighted by atomic mass is 9.49. The Morgan fingerprint density at radius 3 is 2.38 bits per heavy atom. The van der Waals surface area contributed by atoms with Crippen molar-refractivity contribution in [1.29, 1.82) is 0 Å². The third-order valence-electron chi connectivity index (χ3n) is 6.31. The third kappa shape index (κ3) is 3.36. The molecule has 2 unspecified atom stereocenters. The molecule has 0 saturated heterocycles. The highest BCUT2D eigenvalue weighted by molar-refractivity contribution is 9.10. The smallest absolute Gasteiger partial charge is 0.411 e. The third-order valence-corrected chi connectivity index (χ3v) is 7.24. The second-order valence-electron chi connectivity index (χ2n) is 8.39. The number of ether oxygens (including phenoxy) is 1. The van der Waals surface area contributed by atoms with Gasteiger partial charge in [-0.05, 0) is 68.1 Å². The van der Waals surface area contributed by atoms with E-state index in [0.29, 0.717) is 24.1 Å². The van der Waals surface area contributed by atoms with Crippen LogP contribution in [0.15, 0.2) is 24.3 Å². The largest absolute Gasteiger partial charge is 0.453 e. The van der Waals surface area contributed by atoms with Gasteiger partial charge in [0.1, 0.15) is 0 Å². The summed E-state index contributed by atoms with van der Waals surface area (Å²) in [6, 6.07) is 7.46. The number of halogens is 1. The first-order valence-electron chi connectivity index (χ1n) is 9.31. The Morgan fingerprint density at radius 2 is 1.81 bits per heavy atom. The van der Waals surface area contributed by atoms with E-state index in [1.807, 2.05) is 24.3 Å². The first-order valence-corrected chi connectivity index (χ1v) is 10.1. The minimum atomic E-state index is -0.489. The molecular weight excluding hydrogens is 396 g/mol. The van der Waals surface area contributed by atoms with Gasteiger partial charge in [-0.25, -0.2) is 4.79 Å². The van der Waals surface area contributed by atoms with Crippen LogP contribution in [0.25, 0.3) is 0 Å². The quantitative estimate of drug-likeness (QED) is 0.716. The molecule has 1 aromatic rings. The van der Waals surface area contributed by atoms with Crippen molar-refractivity contribution < 1.29 is 14.3 Å². The van der Waals surface area contributed by atoms with Crippen LogP contribution in [0.5, 0.6) is 0 Å². The van der Waals surface area contributed by atoms with Crippen LogP contribution in [0.3, 0.4) is 0 Å². The van der Waals surface area contributed by atoms with E-state index in [4.69, 9.17) is 0 Å². The summed E-state index contributed by atoms with van der Waals surface area (Å²) in [7, 11) is 1.33. The molecule has 0 aliphatic heterocycles. The maximum Gasteiger partial charge on any atom is 0.411 e. The highest BCUT2D eigenvalue weighted by atomic mass is 79.9. The van der Waals surface area contributed by atoms with Crippen LogP contribution in [0.1, 0.15) is 44.1 Å². The number of carbonyl (C=O) groups excluding carboxylic acids is 2. The molecule has 5 rings (SSSR count). The van der Waals surface area contributed by atoms with Gasteiger partial charge in [-0.3, -0.25) is 10.1 Å². The molecule has 5 nitrogen and oxygen atoms in total. The predicted molar refractivity (Wildman–Crippen MR) is 103 cm³/mol. The molecule has 0 aromatic heterocycles. The van der Waals surface area contributed by atoms with Crippen molar-refractivity contribution >= 4 is 33.6 Å². The first-order chi connectivity index (χ1) is 12.4. The predicted octanol–water partition coefficient (Wildman–Crippen LogP) is 4.22. The van der Waals surface area contributed by atoms with Crippen LogP contribution in [-0.2, 0) is 16.1 Å². The summed E-state index contributed by atoms with van der Waals surface area (Å²) in [6.07, 6.45) is 6.34. The fraction of sp³-hybridized carbons (Fsp3) is 0.600. The average molecular weight is 421 g/mol. The molecule has 1 aromatic carbocycles. The Morgan fingerprint density at radius 1 is 1.15 bits per heavy atom.